The van der Waals surface area contributed by atoms with Crippen LogP contribution in [0.1, 0.15) is 31.2 Å². The van der Waals surface area contributed by atoms with Crippen molar-refractivity contribution in [2.24, 2.45) is 5.73 Å². The fraction of sp³-hybridized carbons (Fsp3) is 0.400. The van der Waals surface area contributed by atoms with Crippen LogP contribution in [-0.2, 0) is 17.8 Å². The first-order valence-electron chi connectivity index (χ1n) is 7.11. The van der Waals surface area contributed by atoms with E-state index >= 15 is 0 Å². The second-order valence-corrected chi connectivity index (χ2v) is 4.76. The van der Waals surface area contributed by atoms with Crippen molar-refractivity contribution in [3.8, 4) is 11.4 Å². The number of nitrogens with zero attached hydrogens (tertiary/aromatic N) is 2. The van der Waals surface area contributed by atoms with Gasteiger partial charge in [-0.3, -0.25) is 4.79 Å². The summed E-state index contributed by atoms with van der Waals surface area (Å²) in [4.78, 5) is 15.8. The van der Waals surface area contributed by atoms with Crippen molar-refractivity contribution in [3.05, 3.63) is 35.7 Å². The van der Waals surface area contributed by atoms with Crippen LogP contribution < -0.4 is 11.1 Å². The summed E-state index contributed by atoms with van der Waals surface area (Å²) in [5.41, 5.74) is 7.48. The summed E-state index contributed by atoms with van der Waals surface area (Å²) < 4.78 is 5.16. The third-order valence-electron chi connectivity index (χ3n) is 3.05. The van der Waals surface area contributed by atoms with Gasteiger partial charge in [0.25, 0.3) is 0 Å². The molecule has 3 N–H and O–H groups in total. The Balaban J connectivity index is 1.92. The van der Waals surface area contributed by atoms with Gasteiger partial charge in [0, 0.05) is 31.5 Å². The van der Waals surface area contributed by atoms with Gasteiger partial charge in [0.05, 0.1) is 0 Å². The second-order valence-electron chi connectivity index (χ2n) is 4.76. The number of nitrogens with one attached hydrogen (secondary N) is 1. The van der Waals surface area contributed by atoms with Gasteiger partial charge in [-0.2, -0.15) is 4.98 Å². The summed E-state index contributed by atoms with van der Waals surface area (Å²) in [6, 6.07) is 7.68. The molecular weight excluding hydrogens is 268 g/mol. The number of nitrogens with two attached hydrogens (primary N) is 1. The predicted octanol–water partition coefficient (Wildman–Crippen LogP) is 1.65. The molecule has 0 aliphatic rings. The molecule has 0 fully saturated rings. The molecule has 6 heteroatoms. The molecule has 21 heavy (non-hydrogen) atoms. The van der Waals surface area contributed by atoms with Crippen LogP contribution in [-0.4, -0.2) is 22.6 Å². The Morgan fingerprint density at radius 1 is 1.33 bits per heavy atom. The van der Waals surface area contributed by atoms with Crippen LogP contribution >= 0.6 is 0 Å². The minimum atomic E-state index is 0.00361. The Kier molecular flexibility index (Phi) is 5.45. The van der Waals surface area contributed by atoms with E-state index in [1.807, 2.05) is 31.2 Å². The zero-order valence-electron chi connectivity index (χ0n) is 12.1. The Bertz CT molecular complexity index is 578. The standard InChI is InChI=1S/C15H20N4O2/c1-2-9-17-13(20)7-8-14-18-15(19-21-14)12-5-3-11(10-16)4-6-12/h3-6H,2,7-10,16H2,1H3,(H,17,20). The average Bonchev–Trinajstić information content (AvgIpc) is 3.00. The molecule has 0 bridgehead atoms. The van der Waals surface area contributed by atoms with E-state index in [1.165, 1.54) is 0 Å². The van der Waals surface area contributed by atoms with Crippen molar-refractivity contribution in [1.29, 1.82) is 0 Å². The molecule has 6 nitrogen and oxygen atoms in total. The van der Waals surface area contributed by atoms with Crippen molar-refractivity contribution >= 4 is 5.91 Å². The zero-order chi connectivity index (χ0) is 15.1. The molecule has 2 aromatic rings. The molecule has 0 unspecified atom stereocenters. The van der Waals surface area contributed by atoms with Gasteiger partial charge in [0.15, 0.2) is 0 Å². The largest absolute Gasteiger partial charge is 0.356 e. The van der Waals surface area contributed by atoms with E-state index < -0.39 is 0 Å². The average molecular weight is 288 g/mol. The van der Waals surface area contributed by atoms with E-state index in [2.05, 4.69) is 15.5 Å². The van der Waals surface area contributed by atoms with Gasteiger partial charge in [-0.1, -0.05) is 36.3 Å². The smallest absolute Gasteiger partial charge is 0.227 e. The minimum Gasteiger partial charge on any atom is -0.356 e. The summed E-state index contributed by atoms with van der Waals surface area (Å²) in [5.74, 6) is 1.01. The van der Waals surface area contributed by atoms with Crippen molar-refractivity contribution in [1.82, 2.24) is 15.5 Å². The minimum absolute atomic E-state index is 0.00361. The SMILES string of the molecule is CCCNC(=O)CCc1nc(-c2ccc(CN)cc2)no1. The number of hydrogen-bond acceptors (Lipinski definition) is 5. The van der Waals surface area contributed by atoms with Gasteiger partial charge < -0.3 is 15.6 Å². The molecular formula is C15H20N4O2. The highest BCUT2D eigenvalue weighted by Gasteiger charge is 2.10. The Labute approximate surface area is 123 Å². The van der Waals surface area contributed by atoms with Crippen LogP contribution in [0.3, 0.4) is 0 Å². The van der Waals surface area contributed by atoms with Gasteiger partial charge >= 0.3 is 0 Å². The number of aromatic nitrogens is 2. The highest BCUT2D eigenvalue weighted by atomic mass is 16.5. The van der Waals surface area contributed by atoms with Crippen LogP contribution in [0.2, 0.25) is 0 Å². The maximum Gasteiger partial charge on any atom is 0.227 e. The molecule has 2 rings (SSSR count). The van der Waals surface area contributed by atoms with Gasteiger partial charge in [-0.05, 0) is 12.0 Å². The fourth-order valence-corrected chi connectivity index (χ4v) is 1.84. The Morgan fingerprint density at radius 3 is 2.76 bits per heavy atom. The normalized spacial score (nSPS) is 10.6. The molecule has 1 aromatic heterocycles. The highest BCUT2D eigenvalue weighted by Crippen LogP contribution is 2.16. The molecule has 0 radical (unpaired) electrons. The van der Waals surface area contributed by atoms with Crippen LogP contribution in [0.15, 0.2) is 28.8 Å². The zero-order valence-corrected chi connectivity index (χ0v) is 12.1. The summed E-state index contributed by atoms with van der Waals surface area (Å²) in [7, 11) is 0. The van der Waals surface area contributed by atoms with E-state index in [0.29, 0.717) is 37.6 Å². The lowest BCUT2D eigenvalue weighted by molar-refractivity contribution is -0.121. The molecule has 0 saturated carbocycles. The molecule has 0 aliphatic carbocycles. The first-order chi connectivity index (χ1) is 10.2. The lowest BCUT2D eigenvalue weighted by Crippen LogP contribution is -2.24. The second kappa shape index (κ2) is 7.54. The first kappa shape index (κ1) is 15.2. The molecule has 1 heterocycles. The molecule has 0 aliphatic heterocycles. The first-order valence-corrected chi connectivity index (χ1v) is 7.11. The summed E-state index contributed by atoms with van der Waals surface area (Å²) in [6.45, 7) is 3.21. The predicted molar refractivity (Wildman–Crippen MR) is 79.2 cm³/mol. The third kappa shape index (κ3) is 4.39. The lowest BCUT2D eigenvalue weighted by Gasteiger charge is -2.00. The topological polar surface area (TPSA) is 94.0 Å². The maximum absolute atomic E-state index is 11.5. The highest BCUT2D eigenvalue weighted by molar-refractivity contribution is 5.75. The van der Waals surface area contributed by atoms with Crippen LogP contribution in [0.25, 0.3) is 11.4 Å². The summed E-state index contributed by atoms with van der Waals surface area (Å²) >= 11 is 0. The molecule has 0 saturated heterocycles. The van der Waals surface area contributed by atoms with Gasteiger partial charge in [-0.25, -0.2) is 0 Å². The maximum atomic E-state index is 11.5. The lowest BCUT2D eigenvalue weighted by atomic mass is 10.1. The summed E-state index contributed by atoms with van der Waals surface area (Å²) in [5, 5.41) is 6.75. The molecule has 0 atom stereocenters. The van der Waals surface area contributed by atoms with Crippen molar-refractivity contribution in [2.75, 3.05) is 6.54 Å². The number of carbonyl (C=O) groups is 1. The summed E-state index contributed by atoms with van der Waals surface area (Å²) in [6.07, 6.45) is 1.73. The van der Waals surface area contributed by atoms with E-state index in [-0.39, 0.29) is 5.91 Å². The molecule has 112 valence electrons. The molecule has 1 aromatic carbocycles. The van der Waals surface area contributed by atoms with Crippen LogP contribution in [0, 0.1) is 0 Å². The number of benzene rings is 1. The van der Waals surface area contributed by atoms with E-state index in [4.69, 9.17) is 10.3 Å². The van der Waals surface area contributed by atoms with Crippen molar-refractivity contribution < 1.29 is 9.32 Å². The quantitative estimate of drug-likeness (QED) is 0.808. The number of hydrogen-bond donors (Lipinski definition) is 2. The van der Waals surface area contributed by atoms with E-state index in [1.54, 1.807) is 0 Å². The number of carbonyl (C=O) groups excluding carboxylic acids is 1. The fourth-order valence-electron chi connectivity index (χ4n) is 1.84. The van der Waals surface area contributed by atoms with Crippen molar-refractivity contribution in [2.45, 2.75) is 32.7 Å². The Morgan fingerprint density at radius 2 is 2.10 bits per heavy atom. The molecule has 0 spiro atoms. The van der Waals surface area contributed by atoms with Crippen molar-refractivity contribution in [3.63, 3.8) is 0 Å². The third-order valence-corrected chi connectivity index (χ3v) is 3.05. The Hall–Kier alpha value is -2.21. The van der Waals surface area contributed by atoms with E-state index in [9.17, 15) is 4.79 Å². The van der Waals surface area contributed by atoms with Crippen LogP contribution in [0.4, 0.5) is 0 Å². The number of rotatable bonds is 7. The number of aryl methyl sites for hydroxylation is 1. The monoisotopic (exact) mass is 288 g/mol. The van der Waals surface area contributed by atoms with Gasteiger partial charge in [-0.15, -0.1) is 0 Å². The van der Waals surface area contributed by atoms with Gasteiger partial charge in [0.2, 0.25) is 17.6 Å². The van der Waals surface area contributed by atoms with E-state index in [0.717, 1.165) is 17.5 Å². The van der Waals surface area contributed by atoms with Crippen LogP contribution in [0.5, 0.6) is 0 Å². The molecule has 1 amide bonds. The van der Waals surface area contributed by atoms with Gasteiger partial charge in [0.1, 0.15) is 0 Å². The number of amides is 1.